The molecule has 14 heavy (non-hydrogen) atoms. The fourth-order valence-corrected chi connectivity index (χ4v) is 1.40. The first-order chi connectivity index (χ1) is 6.49. The first-order valence-corrected chi connectivity index (χ1v) is 5.42. The van der Waals surface area contributed by atoms with Gasteiger partial charge in [-0.1, -0.05) is 34.1 Å². The molecule has 3 heteroatoms. The molecule has 0 aliphatic heterocycles. The molecule has 0 saturated carbocycles. The molecule has 0 amide bonds. The number of hydrogen-bond acceptors (Lipinski definition) is 2. The maximum atomic E-state index is 5.42. The average Bonchev–Trinajstić information content (AvgIpc) is 2.06. The molecule has 1 aromatic rings. The lowest BCUT2D eigenvalue weighted by Gasteiger charge is -2.19. The van der Waals surface area contributed by atoms with Crippen LogP contribution in [0.15, 0.2) is 28.7 Å². The molecule has 0 heterocycles. The Labute approximate surface area is 93.7 Å². The van der Waals surface area contributed by atoms with Crippen LogP contribution in [0.1, 0.15) is 26.3 Å². The fourth-order valence-electron chi connectivity index (χ4n) is 0.972. The van der Waals surface area contributed by atoms with Crippen LogP contribution in [0.2, 0.25) is 0 Å². The maximum Gasteiger partial charge on any atom is 0.0813 e. The molecule has 0 saturated heterocycles. The van der Waals surface area contributed by atoms with E-state index in [1.165, 1.54) is 5.56 Å². The first-order valence-electron chi connectivity index (χ1n) is 4.63. The van der Waals surface area contributed by atoms with Gasteiger partial charge >= 0.3 is 0 Å². The molecule has 0 fully saturated rings. The van der Waals surface area contributed by atoms with Crippen molar-refractivity contribution >= 4 is 15.9 Å². The quantitative estimate of drug-likeness (QED) is 0.840. The number of hydrogen-bond donors (Lipinski definition) is 1. The third-order valence-electron chi connectivity index (χ3n) is 1.60. The Morgan fingerprint density at radius 1 is 1.29 bits per heavy atom. The first kappa shape index (κ1) is 11.7. The van der Waals surface area contributed by atoms with Gasteiger partial charge in [0.25, 0.3) is 0 Å². The zero-order chi connectivity index (χ0) is 10.6. The minimum atomic E-state index is -0.152. The van der Waals surface area contributed by atoms with Crippen LogP contribution in [-0.2, 0) is 11.4 Å². The maximum absolute atomic E-state index is 5.42. The highest BCUT2D eigenvalue weighted by Gasteiger charge is 2.09. The topological polar surface area (TPSA) is 21.3 Å². The largest absolute Gasteiger partial charge is 0.296 e. The smallest absolute Gasteiger partial charge is 0.0813 e. The van der Waals surface area contributed by atoms with Crippen LogP contribution in [0.3, 0.4) is 0 Å². The van der Waals surface area contributed by atoms with Gasteiger partial charge in [-0.3, -0.25) is 4.84 Å². The summed E-state index contributed by atoms with van der Waals surface area (Å²) in [6, 6.07) is 8.09. The molecule has 2 nitrogen and oxygen atoms in total. The number of rotatable bonds is 3. The molecule has 0 radical (unpaired) electrons. The standard InChI is InChI=1S/C11H16BrNO/c1-11(2,3)14-13-8-9-6-4-5-7-10(9)12/h4-7,13H,8H2,1-3H3. The Hall–Kier alpha value is -0.380. The molecule has 0 unspecified atom stereocenters. The minimum absolute atomic E-state index is 0.152. The number of nitrogens with one attached hydrogen (secondary N) is 1. The van der Waals surface area contributed by atoms with Gasteiger partial charge in [0.15, 0.2) is 0 Å². The van der Waals surface area contributed by atoms with E-state index in [-0.39, 0.29) is 5.60 Å². The summed E-state index contributed by atoms with van der Waals surface area (Å²) in [6.45, 7) is 6.75. The third kappa shape index (κ3) is 4.22. The number of halogens is 1. The SMILES string of the molecule is CC(C)(C)ONCc1ccccc1Br. The fraction of sp³-hybridized carbons (Fsp3) is 0.455. The Kier molecular flexibility index (Phi) is 4.11. The van der Waals surface area contributed by atoms with Crippen LogP contribution < -0.4 is 5.48 Å². The van der Waals surface area contributed by atoms with E-state index in [4.69, 9.17) is 4.84 Å². The average molecular weight is 258 g/mol. The van der Waals surface area contributed by atoms with E-state index in [2.05, 4.69) is 27.5 Å². The lowest BCUT2D eigenvalue weighted by Crippen LogP contribution is -2.28. The van der Waals surface area contributed by atoms with Crippen molar-refractivity contribution in [1.82, 2.24) is 5.48 Å². The summed E-state index contributed by atoms with van der Waals surface area (Å²) >= 11 is 3.48. The van der Waals surface area contributed by atoms with E-state index in [0.717, 1.165) is 4.47 Å². The van der Waals surface area contributed by atoms with E-state index in [0.29, 0.717) is 6.54 Å². The zero-order valence-electron chi connectivity index (χ0n) is 8.80. The summed E-state index contributed by atoms with van der Waals surface area (Å²) in [5, 5.41) is 0. The molecule has 0 aliphatic rings. The van der Waals surface area contributed by atoms with Gasteiger partial charge in [-0.25, -0.2) is 0 Å². The lowest BCUT2D eigenvalue weighted by atomic mass is 10.2. The van der Waals surface area contributed by atoms with E-state index in [1.807, 2.05) is 39.0 Å². The molecule has 1 rings (SSSR count). The van der Waals surface area contributed by atoms with Gasteiger partial charge in [0.2, 0.25) is 0 Å². The van der Waals surface area contributed by atoms with Gasteiger partial charge in [-0.2, -0.15) is 5.48 Å². The lowest BCUT2D eigenvalue weighted by molar-refractivity contribution is -0.0758. The molecular formula is C11H16BrNO. The highest BCUT2D eigenvalue weighted by molar-refractivity contribution is 9.10. The monoisotopic (exact) mass is 257 g/mol. The molecule has 0 atom stereocenters. The van der Waals surface area contributed by atoms with Crippen molar-refractivity contribution in [3.05, 3.63) is 34.3 Å². The zero-order valence-corrected chi connectivity index (χ0v) is 10.4. The molecule has 0 aliphatic carbocycles. The molecule has 1 N–H and O–H groups in total. The summed E-state index contributed by atoms with van der Waals surface area (Å²) in [7, 11) is 0. The molecule has 1 aromatic carbocycles. The van der Waals surface area contributed by atoms with Crippen molar-refractivity contribution in [2.45, 2.75) is 32.9 Å². The number of hydroxylamine groups is 1. The Morgan fingerprint density at radius 2 is 1.93 bits per heavy atom. The van der Waals surface area contributed by atoms with E-state index in [1.54, 1.807) is 0 Å². The minimum Gasteiger partial charge on any atom is -0.296 e. The Morgan fingerprint density at radius 3 is 2.50 bits per heavy atom. The van der Waals surface area contributed by atoms with Crippen LogP contribution in [0, 0.1) is 0 Å². The van der Waals surface area contributed by atoms with Crippen molar-refractivity contribution < 1.29 is 4.84 Å². The van der Waals surface area contributed by atoms with Crippen molar-refractivity contribution in [3.8, 4) is 0 Å². The van der Waals surface area contributed by atoms with Gasteiger partial charge in [-0.05, 0) is 32.4 Å². The van der Waals surface area contributed by atoms with E-state index >= 15 is 0 Å². The predicted molar refractivity (Wildman–Crippen MR) is 61.8 cm³/mol. The van der Waals surface area contributed by atoms with Crippen LogP contribution in [-0.4, -0.2) is 5.60 Å². The van der Waals surface area contributed by atoms with Crippen LogP contribution in [0.5, 0.6) is 0 Å². The van der Waals surface area contributed by atoms with Gasteiger partial charge in [-0.15, -0.1) is 0 Å². The predicted octanol–water partition coefficient (Wildman–Crippen LogP) is 3.27. The van der Waals surface area contributed by atoms with Crippen molar-refractivity contribution in [2.75, 3.05) is 0 Å². The molecule has 0 bridgehead atoms. The van der Waals surface area contributed by atoms with Gasteiger partial charge in [0, 0.05) is 11.0 Å². The van der Waals surface area contributed by atoms with E-state index in [9.17, 15) is 0 Å². The van der Waals surface area contributed by atoms with Crippen LogP contribution >= 0.6 is 15.9 Å². The van der Waals surface area contributed by atoms with Crippen LogP contribution in [0.25, 0.3) is 0 Å². The molecular weight excluding hydrogens is 242 g/mol. The van der Waals surface area contributed by atoms with Crippen molar-refractivity contribution in [1.29, 1.82) is 0 Å². The highest BCUT2D eigenvalue weighted by Crippen LogP contribution is 2.15. The third-order valence-corrected chi connectivity index (χ3v) is 2.37. The van der Waals surface area contributed by atoms with Gasteiger partial charge in [0.1, 0.15) is 0 Å². The van der Waals surface area contributed by atoms with Crippen molar-refractivity contribution in [2.24, 2.45) is 0 Å². The Balaban J connectivity index is 2.43. The molecule has 0 aromatic heterocycles. The second-order valence-electron chi connectivity index (χ2n) is 4.13. The summed E-state index contributed by atoms with van der Waals surface area (Å²) < 4.78 is 1.10. The van der Waals surface area contributed by atoms with Gasteiger partial charge < -0.3 is 0 Å². The second-order valence-corrected chi connectivity index (χ2v) is 4.98. The highest BCUT2D eigenvalue weighted by atomic mass is 79.9. The molecule has 0 spiro atoms. The summed E-state index contributed by atoms with van der Waals surface area (Å²) in [4.78, 5) is 5.42. The Bertz CT molecular complexity index is 294. The van der Waals surface area contributed by atoms with Crippen molar-refractivity contribution in [3.63, 3.8) is 0 Å². The summed E-state index contributed by atoms with van der Waals surface area (Å²) in [5.74, 6) is 0. The summed E-state index contributed by atoms with van der Waals surface area (Å²) in [5.41, 5.74) is 3.99. The molecule has 78 valence electrons. The summed E-state index contributed by atoms with van der Waals surface area (Å²) in [6.07, 6.45) is 0. The van der Waals surface area contributed by atoms with Gasteiger partial charge in [0.05, 0.1) is 5.60 Å². The normalized spacial score (nSPS) is 11.7. The second kappa shape index (κ2) is 4.91. The van der Waals surface area contributed by atoms with Crippen LogP contribution in [0.4, 0.5) is 0 Å². The number of benzene rings is 1. The van der Waals surface area contributed by atoms with E-state index < -0.39 is 0 Å².